The van der Waals surface area contributed by atoms with Crippen molar-refractivity contribution < 1.29 is 14.2 Å². The Labute approximate surface area is 86.7 Å². The molecule has 1 aliphatic heterocycles. The second-order valence-electron chi connectivity index (χ2n) is 4.67. The summed E-state index contributed by atoms with van der Waals surface area (Å²) in [7, 11) is 0. The zero-order chi connectivity index (χ0) is 10.8. The summed E-state index contributed by atoms with van der Waals surface area (Å²) in [6, 6.07) is 0. The molecule has 0 aliphatic carbocycles. The first kappa shape index (κ1) is 12.0. The second-order valence-corrected chi connectivity index (χ2v) is 4.67. The fraction of sp³-hybridized carbons (Fsp3) is 1.00. The van der Waals surface area contributed by atoms with E-state index in [1.165, 1.54) is 0 Å². The van der Waals surface area contributed by atoms with Crippen LogP contribution in [0.5, 0.6) is 0 Å². The lowest BCUT2D eigenvalue weighted by Gasteiger charge is -2.40. The molecule has 14 heavy (non-hydrogen) atoms. The predicted octanol–water partition coefficient (Wildman–Crippen LogP) is 2.20. The van der Waals surface area contributed by atoms with Crippen LogP contribution in [0.25, 0.3) is 0 Å². The number of ether oxygens (including phenoxy) is 3. The van der Waals surface area contributed by atoms with Gasteiger partial charge in [-0.25, -0.2) is 0 Å². The summed E-state index contributed by atoms with van der Waals surface area (Å²) in [5.74, 6) is 0. The van der Waals surface area contributed by atoms with E-state index in [-0.39, 0.29) is 23.9 Å². The molecule has 3 heteroatoms. The van der Waals surface area contributed by atoms with Crippen molar-refractivity contribution in [3.63, 3.8) is 0 Å². The monoisotopic (exact) mass is 202 g/mol. The van der Waals surface area contributed by atoms with Gasteiger partial charge in [-0.05, 0) is 27.7 Å². The van der Waals surface area contributed by atoms with Gasteiger partial charge in [-0.1, -0.05) is 6.92 Å². The summed E-state index contributed by atoms with van der Waals surface area (Å²) < 4.78 is 16.8. The van der Waals surface area contributed by atoms with Crippen molar-refractivity contribution in [3.05, 3.63) is 0 Å². The van der Waals surface area contributed by atoms with E-state index in [0.717, 1.165) is 0 Å². The number of hydrogen-bond acceptors (Lipinski definition) is 3. The fourth-order valence-corrected chi connectivity index (χ4v) is 1.51. The van der Waals surface area contributed by atoms with Crippen LogP contribution in [-0.4, -0.2) is 31.7 Å². The largest absolute Gasteiger partial charge is 0.375 e. The molecule has 1 saturated heterocycles. The molecule has 0 saturated carbocycles. The topological polar surface area (TPSA) is 27.7 Å². The number of hydrogen-bond donors (Lipinski definition) is 0. The van der Waals surface area contributed by atoms with Crippen molar-refractivity contribution in [3.8, 4) is 0 Å². The van der Waals surface area contributed by atoms with Crippen LogP contribution in [0, 0.1) is 5.41 Å². The molecule has 1 heterocycles. The molecule has 1 fully saturated rings. The van der Waals surface area contributed by atoms with E-state index in [1.807, 2.05) is 20.8 Å². The minimum Gasteiger partial charge on any atom is -0.375 e. The minimum absolute atomic E-state index is 0.0171. The Kier molecular flexibility index (Phi) is 3.93. The Morgan fingerprint density at radius 2 is 1.71 bits per heavy atom. The lowest BCUT2D eigenvalue weighted by atomic mass is 9.86. The molecule has 1 atom stereocenters. The third-order valence-electron chi connectivity index (χ3n) is 2.75. The highest BCUT2D eigenvalue weighted by atomic mass is 16.7. The van der Waals surface area contributed by atoms with Gasteiger partial charge in [0.05, 0.1) is 25.4 Å². The molecule has 1 unspecified atom stereocenters. The average Bonchev–Trinajstić information content (AvgIpc) is 2.09. The molecule has 0 radical (unpaired) electrons. The molecule has 84 valence electrons. The van der Waals surface area contributed by atoms with Crippen molar-refractivity contribution >= 4 is 0 Å². The van der Waals surface area contributed by atoms with Gasteiger partial charge in [-0.15, -0.1) is 0 Å². The SMILES string of the molecule is CC(C)OC(C)C1(C)COC(C)OC1. The summed E-state index contributed by atoms with van der Waals surface area (Å²) in [5, 5.41) is 0. The fourth-order valence-electron chi connectivity index (χ4n) is 1.51. The van der Waals surface area contributed by atoms with E-state index in [0.29, 0.717) is 13.2 Å². The molecular weight excluding hydrogens is 180 g/mol. The Hall–Kier alpha value is -0.120. The quantitative estimate of drug-likeness (QED) is 0.702. The van der Waals surface area contributed by atoms with E-state index in [9.17, 15) is 0 Å². The van der Waals surface area contributed by atoms with E-state index >= 15 is 0 Å². The maximum Gasteiger partial charge on any atom is 0.154 e. The molecular formula is C11H22O3. The third kappa shape index (κ3) is 2.94. The molecule has 1 rings (SSSR count). The van der Waals surface area contributed by atoms with Crippen LogP contribution in [0.1, 0.15) is 34.6 Å². The Morgan fingerprint density at radius 3 is 2.14 bits per heavy atom. The van der Waals surface area contributed by atoms with E-state index < -0.39 is 0 Å². The van der Waals surface area contributed by atoms with Crippen LogP contribution in [0.2, 0.25) is 0 Å². The summed E-state index contributed by atoms with van der Waals surface area (Å²) in [4.78, 5) is 0. The molecule has 0 spiro atoms. The lowest BCUT2D eigenvalue weighted by molar-refractivity contribution is -0.243. The third-order valence-corrected chi connectivity index (χ3v) is 2.75. The van der Waals surface area contributed by atoms with Crippen LogP contribution in [0.15, 0.2) is 0 Å². The van der Waals surface area contributed by atoms with Gasteiger partial charge in [0.15, 0.2) is 6.29 Å². The maximum atomic E-state index is 5.77. The van der Waals surface area contributed by atoms with Gasteiger partial charge in [0.1, 0.15) is 0 Å². The van der Waals surface area contributed by atoms with Crippen LogP contribution in [0.4, 0.5) is 0 Å². The van der Waals surface area contributed by atoms with Gasteiger partial charge in [0, 0.05) is 5.41 Å². The first-order valence-electron chi connectivity index (χ1n) is 5.33. The van der Waals surface area contributed by atoms with Gasteiger partial charge >= 0.3 is 0 Å². The summed E-state index contributed by atoms with van der Waals surface area (Å²) >= 11 is 0. The van der Waals surface area contributed by atoms with Gasteiger partial charge in [-0.3, -0.25) is 0 Å². The minimum atomic E-state index is -0.0747. The molecule has 0 aromatic rings. The zero-order valence-electron chi connectivity index (χ0n) is 9.87. The molecule has 0 amide bonds. The molecule has 0 aromatic carbocycles. The highest BCUT2D eigenvalue weighted by molar-refractivity contribution is 4.83. The summed E-state index contributed by atoms with van der Waals surface area (Å²) in [6.07, 6.45) is 0.338. The zero-order valence-corrected chi connectivity index (χ0v) is 9.87. The second kappa shape index (κ2) is 4.60. The Bertz CT molecular complexity index is 171. The van der Waals surface area contributed by atoms with E-state index in [1.54, 1.807) is 0 Å². The first-order chi connectivity index (χ1) is 6.44. The normalized spacial score (nSPS) is 36.0. The van der Waals surface area contributed by atoms with Crippen molar-refractivity contribution in [1.29, 1.82) is 0 Å². The van der Waals surface area contributed by atoms with Crippen LogP contribution >= 0.6 is 0 Å². The molecule has 0 N–H and O–H groups in total. The number of rotatable bonds is 3. The Balaban J connectivity index is 2.48. The van der Waals surface area contributed by atoms with Crippen LogP contribution in [0.3, 0.4) is 0 Å². The maximum absolute atomic E-state index is 5.77. The van der Waals surface area contributed by atoms with E-state index in [2.05, 4.69) is 13.8 Å². The first-order valence-corrected chi connectivity index (χ1v) is 5.33. The lowest BCUT2D eigenvalue weighted by Crippen LogP contribution is -2.47. The van der Waals surface area contributed by atoms with Crippen molar-refractivity contribution in [2.75, 3.05) is 13.2 Å². The molecule has 3 nitrogen and oxygen atoms in total. The molecule has 0 aromatic heterocycles. The van der Waals surface area contributed by atoms with Gasteiger partial charge in [-0.2, -0.15) is 0 Å². The van der Waals surface area contributed by atoms with Gasteiger partial charge < -0.3 is 14.2 Å². The Morgan fingerprint density at radius 1 is 1.21 bits per heavy atom. The standard InChI is InChI=1S/C11H22O3/c1-8(2)14-9(3)11(5)6-12-10(4)13-7-11/h8-10H,6-7H2,1-5H3. The predicted molar refractivity (Wildman–Crippen MR) is 55.2 cm³/mol. The summed E-state index contributed by atoms with van der Waals surface area (Å²) in [6.45, 7) is 11.7. The van der Waals surface area contributed by atoms with Crippen molar-refractivity contribution in [2.45, 2.75) is 53.1 Å². The average molecular weight is 202 g/mol. The smallest absolute Gasteiger partial charge is 0.154 e. The van der Waals surface area contributed by atoms with Gasteiger partial charge in [0.25, 0.3) is 0 Å². The highest BCUT2D eigenvalue weighted by Crippen LogP contribution is 2.30. The van der Waals surface area contributed by atoms with Crippen LogP contribution < -0.4 is 0 Å². The highest BCUT2D eigenvalue weighted by Gasteiger charge is 2.37. The molecule has 0 bridgehead atoms. The van der Waals surface area contributed by atoms with Crippen molar-refractivity contribution in [2.24, 2.45) is 5.41 Å². The molecule has 1 aliphatic rings. The van der Waals surface area contributed by atoms with Gasteiger partial charge in [0.2, 0.25) is 0 Å². The van der Waals surface area contributed by atoms with Crippen molar-refractivity contribution in [1.82, 2.24) is 0 Å². The van der Waals surface area contributed by atoms with Crippen LogP contribution in [-0.2, 0) is 14.2 Å². The summed E-state index contributed by atoms with van der Waals surface area (Å²) in [5.41, 5.74) is -0.0171. The van der Waals surface area contributed by atoms with E-state index in [4.69, 9.17) is 14.2 Å².